The second-order valence-corrected chi connectivity index (χ2v) is 6.80. The van der Waals surface area contributed by atoms with E-state index in [1.165, 1.54) is 0 Å². The van der Waals surface area contributed by atoms with E-state index in [0.717, 1.165) is 26.8 Å². The van der Waals surface area contributed by atoms with Crippen LogP contribution in [-0.4, -0.2) is 19.9 Å². The van der Waals surface area contributed by atoms with Gasteiger partial charge in [0.05, 0.1) is 22.2 Å². The van der Waals surface area contributed by atoms with Gasteiger partial charge in [0, 0.05) is 23.7 Å². The third-order valence-electron chi connectivity index (χ3n) is 3.80. The highest BCUT2D eigenvalue weighted by Gasteiger charge is 2.09. The number of aryl methyl sites for hydroxylation is 1. The van der Waals surface area contributed by atoms with Crippen molar-refractivity contribution in [1.29, 1.82) is 5.26 Å². The Labute approximate surface area is 160 Å². The summed E-state index contributed by atoms with van der Waals surface area (Å²) in [5, 5.41) is 12.9. The topological polar surface area (TPSA) is 87.4 Å². The Balaban J connectivity index is 1.59. The normalized spacial score (nSPS) is 10.4. The minimum atomic E-state index is 0.516. The van der Waals surface area contributed by atoms with Crippen LogP contribution in [0.2, 0.25) is 0 Å². The first-order valence-corrected chi connectivity index (χ1v) is 9.03. The number of hydrogen-bond acceptors (Lipinski definition) is 7. The van der Waals surface area contributed by atoms with E-state index >= 15 is 0 Å². The first kappa shape index (κ1) is 16.8. The summed E-state index contributed by atoms with van der Waals surface area (Å²) in [6, 6.07) is 17.1. The molecule has 3 heterocycles. The summed E-state index contributed by atoms with van der Waals surface area (Å²) in [5.41, 5.74) is 3.32. The van der Waals surface area contributed by atoms with Gasteiger partial charge in [-0.1, -0.05) is 18.2 Å². The maximum Gasteiger partial charge on any atom is 0.228 e. The van der Waals surface area contributed by atoms with Gasteiger partial charge in [-0.2, -0.15) is 5.26 Å². The van der Waals surface area contributed by atoms with Crippen LogP contribution in [0, 0.1) is 18.3 Å². The first-order valence-electron chi connectivity index (χ1n) is 8.22. The fraction of sp³-hybridized carbons (Fsp3) is 0.0500. The fourth-order valence-corrected chi connectivity index (χ4v) is 3.37. The molecule has 0 unspecified atom stereocenters. The number of hydrogen-bond donors (Lipinski definition) is 1. The molecular formula is C20H14N6S. The van der Waals surface area contributed by atoms with Gasteiger partial charge in [-0.25, -0.2) is 19.9 Å². The maximum absolute atomic E-state index is 8.91. The van der Waals surface area contributed by atoms with Crippen molar-refractivity contribution in [3.8, 4) is 27.2 Å². The zero-order valence-electron chi connectivity index (χ0n) is 14.4. The monoisotopic (exact) mass is 370 g/mol. The number of thiazole rings is 1. The Kier molecular flexibility index (Phi) is 4.56. The number of nitrogens with one attached hydrogen (secondary N) is 1. The van der Waals surface area contributed by atoms with Gasteiger partial charge in [0.25, 0.3) is 0 Å². The average Bonchev–Trinajstić information content (AvgIpc) is 3.19. The molecule has 0 amide bonds. The SMILES string of the molecule is Cc1ccnc(Nc2cccc(-c3cnc(-c4ccc(C#N)cc4)s3)n2)n1. The van der Waals surface area contributed by atoms with Gasteiger partial charge < -0.3 is 5.32 Å². The maximum atomic E-state index is 8.91. The molecule has 1 N–H and O–H groups in total. The number of rotatable bonds is 4. The molecule has 4 rings (SSSR count). The van der Waals surface area contributed by atoms with Gasteiger partial charge in [-0.3, -0.25) is 0 Å². The Morgan fingerprint density at radius 1 is 1.00 bits per heavy atom. The van der Waals surface area contributed by atoms with Gasteiger partial charge in [-0.15, -0.1) is 11.3 Å². The molecular weight excluding hydrogens is 356 g/mol. The Morgan fingerprint density at radius 3 is 2.63 bits per heavy atom. The molecule has 6 nitrogen and oxygen atoms in total. The first-order chi connectivity index (χ1) is 13.2. The molecule has 4 aromatic rings. The lowest BCUT2D eigenvalue weighted by Gasteiger charge is -2.05. The molecule has 27 heavy (non-hydrogen) atoms. The number of nitrogens with zero attached hydrogens (tertiary/aromatic N) is 5. The number of benzene rings is 1. The van der Waals surface area contributed by atoms with Crippen LogP contribution in [-0.2, 0) is 0 Å². The number of nitriles is 1. The van der Waals surface area contributed by atoms with E-state index in [-0.39, 0.29) is 0 Å². The van der Waals surface area contributed by atoms with Gasteiger partial charge in [0.15, 0.2) is 0 Å². The molecule has 0 aliphatic heterocycles. The molecule has 0 saturated heterocycles. The van der Waals surface area contributed by atoms with Gasteiger partial charge in [0.2, 0.25) is 5.95 Å². The fourth-order valence-electron chi connectivity index (χ4n) is 2.48. The van der Waals surface area contributed by atoms with Gasteiger partial charge >= 0.3 is 0 Å². The Bertz CT molecular complexity index is 1130. The van der Waals surface area contributed by atoms with Crippen molar-refractivity contribution in [2.45, 2.75) is 6.92 Å². The molecule has 0 spiro atoms. The predicted molar refractivity (Wildman–Crippen MR) is 106 cm³/mol. The van der Waals surface area contributed by atoms with Crippen LogP contribution in [0.5, 0.6) is 0 Å². The minimum absolute atomic E-state index is 0.516. The molecule has 0 aliphatic carbocycles. The highest BCUT2D eigenvalue weighted by Crippen LogP contribution is 2.31. The van der Waals surface area contributed by atoms with Crippen molar-refractivity contribution >= 4 is 23.1 Å². The number of pyridine rings is 1. The smallest absolute Gasteiger partial charge is 0.228 e. The van der Waals surface area contributed by atoms with Crippen LogP contribution in [0.25, 0.3) is 21.1 Å². The molecule has 0 aliphatic rings. The van der Waals surface area contributed by atoms with Crippen LogP contribution in [0.15, 0.2) is 60.9 Å². The zero-order chi connectivity index (χ0) is 18.6. The average molecular weight is 370 g/mol. The molecule has 0 atom stereocenters. The van der Waals surface area contributed by atoms with Crippen LogP contribution in [0.3, 0.4) is 0 Å². The summed E-state index contributed by atoms with van der Waals surface area (Å²) < 4.78 is 0. The standard InChI is InChI=1S/C20H14N6S/c1-13-9-10-22-20(24-13)26-18-4-2-3-16(25-18)17-12-23-19(27-17)15-7-5-14(11-21)6-8-15/h2-10,12H,1H3,(H,22,24,25,26). The Hall–Kier alpha value is -3.63. The lowest BCUT2D eigenvalue weighted by atomic mass is 10.1. The van der Waals surface area contributed by atoms with E-state index in [1.54, 1.807) is 29.7 Å². The summed E-state index contributed by atoms with van der Waals surface area (Å²) in [7, 11) is 0. The molecule has 7 heteroatoms. The molecule has 0 radical (unpaired) electrons. The second-order valence-electron chi connectivity index (χ2n) is 5.77. The van der Waals surface area contributed by atoms with E-state index in [4.69, 9.17) is 5.26 Å². The highest BCUT2D eigenvalue weighted by atomic mass is 32.1. The largest absolute Gasteiger partial charge is 0.309 e. The van der Waals surface area contributed by atoms with Gasteiger partial charge in [-0.05, 0) is 37.3 Å². The summed E-state index contributed by atoms with van der Waals surface area (Å²) in [6.07, 6.45) is 3.52. The van der Waals surface area contributed by atoms with Crippen LogP contribution in [0.4, 0.5) is 11.8 Å². The lowest BCUT2D eigenvalue weighted by Crippen LogP contribution is -1.99. The van der Waals surface area contributed by atoms with Crippen molar-refractivity contribution in [2.24, 2.45) is 0 Å². The quantitative estimate of drug-likeness (QED) is 0.565. The van der Waals surface area contributed by atoms with Crippen molar-refractivity contribution in [2.75, 3.05) is 5.32 Å². The Morgan fingerprint density at radius 2 is 1.85 bits per heavy atom. The molecule has 0 fully saturated rings. The van der Waals surface area contributed by atoms with E-state index < -0.39 is 0 Å². The van der Waals surface area contributed by atoms with E-state index in [1.807, 2.05) is 49.5 Å². The van der Waals surface area contributed by atoms with Crippen molar-refractivity contribution in [1.82, 2.24) is 19.9 Å². The summed E-state index contributed by atoms with van der Waals surface area (Å²) in [6.45, 7) is 1.92. The van der Waals surface area contributed by atoms with Crippen molar-refractivity contribution < 1.29 is 0 Å². The van der Waals surface area contributed by atoms with Crippen LogP contribution < -0.4 is 5.32 Å². The van der Waals surface area contributed by atoms with E-state index in [0.29, 0.717) is 17.3 Å². The number of anilines is 2. The van der Waals surface area contributed by atoms with E-state index in [9.17, 15) is 0 Å². The van der Waals surface area contributed by atoms with Gasteiger partial charge in [0.1, 0.15) is 10.8 Å². The highest BCUT2D eigenvalue weighted by molar-refractivity contribution is 7.18. The van der Waals surface area contributed by atoms with Crippen molar-refractivity contribution in [3.63, 3.8) is 0 Å². The third kappa shape index (κ3) is 3.81. The summed E-state index contributed by atoms with van der Waals surface area (Å²) >= 11 is 1.55. The molecule has 0 saturated carbocycles. The predicted octanol–water partition coefficient (Wildman–Crippen LogP) is 4.59. The molecule has 0 bridgehead atoms. The van der Waals surface area contributed by atoms with Crippen LogP contribution in [0.1, 0.15) is 11.3 Å². The summed E-state index contributed by atoms with van der Waals surface area (Å²) in [4.78, 5) is 18.6. The molecule has 130 valence electrons. The summed E-state index contributed by atoms with van der Waals surface area (Å²) in [5.74, 6) is 1.19. The van der Waals surface area contributed by atoms with Crippen molar-refractivity contribution in [3.05, 3.63) is 72.2 Å². The third-order valence-corrected chi connectivity index (χ3v) is 4.87. The number of aromatic nitrogens is 4. The second kappa shape index (κ2) is 7.32. The molecule has 1 aromatic carbocycles. The lowest BCUT2D eigenvalue weighted by molar-refractivity contribution is 1.10. The van der Waals surface area contributed by atoms with Crippen LogP contribution >= 0.6 is 11.3 Å². The minimum Gasteiger partial charge on any atom is -0.309 e. The zero-order valence-corrected chi connectivity index (χ0v) is 15.2. The van der Waals surface area contributed by atoms with E-state index in [2.05, 4.69) is 31.3 Å². The molecule has 3 aromatic heterocycles.